The smallest absolute Gasteiger partial charge is 0.261 e. The van der Waals surface area contributed by atoms with Crippen molar-refractivity contribution in [1.29, 1.82) is 0 Å². The second-order valence-corrected chi connectivity index (χ2v) is 12.0. The Morgan fingerprint density at radius 2 is 1.08 bits per heavy atom. The molecular weight excluding hydrogens is 544 g/mol. The minimum absolute atomic E-state index is 0.0730. The first-order chi connectivity index (χ1) is 18.4. The third-order valence-electron chi connectivity index (χ3n) is 5.93. The molecule has 0 atom stereocenters. The second-order valence-electron chi connectivity index (χ2n) is 8.60. The number of carboxylic acid groups (broad SMARTS) is 1. The summed E-state index contributed by atoms with van der Waals surface area (Å²) in [6.45, 7) is 0. The van der Waals surface area contributed by atoms with Gasteiger partial charge in [-0.05, 0) is 82.4 Å². The molecule has 4 aromatic rings. The van der Waals surface area contributed by atoms with Crippen LogP contribution in [-0.4, -0.2) is 33.0 Å². The molecule has 0 heterocycles. The van der Waals surface area contributed by atoms with Crippen LogP contribution in [0.4, 0.5) is 11.4 Å². The first kappa shape index (κ1) is 25.8. The molecule has 12 heteroatoms. The summed E-state index contributed by atoms with van der Waals surface area (Å²) < 4.78 is 56.9. The van der Waals surface area contributed by atoms with Crippen LogP contribution in [0.25, 0.3) is 16.7 Å². The Hall–Kier alpha value is -4.81. The molecule has 1 aliphatic carbocycles. The molecule has 0 amide bonds. The predicted octanol–water partition coefficient (Wildman–Crippen LogP) is 2.86. The number of anilines is 2. The largest absolute Gasteiger partial charge is 0.545 e. The number of rotatable bonds is 7. The number of carboxylic acids is 1. The first-order valence-corrected chi connectivity index (χ1v) is 14.3. The number of benzene rings is 4. The van der Waals surface area contributed by atoms with E-state index in [1.165, 1.54) is 84.9 Å². The highest BCUT2D eigenvalue weighted by Crippen LogP contribution is 2.46. The van der Waals surface area contributed by atoms with Gasteiger partial charge in [0.05, 0.1) is 27.1 Å². The van der Waals surface area contributed by atoms with Gasteiger partial charge in [0.2, 0.25) is 0 Å². The van der Waals surface area contributed by atoms with Crippen LogP contribution >= 0.6 is 0 Å². The predicted molar refractivity (Wildman–Crippen MR) is 142 cm³/mol. The van der Waals surface area contributed by atoms with Gasteiger partial charge in [-0.1, -0.05) is 24.3 Å². The molecule has 0 bridgehead atoms. The van der Waals surface area contributed by atoms with Crippen LogP contribution in [0, 0.1) is 0 Å². The third kappa shape index (κ3) is 5.15. The van der Waals surface area contributed by atoms with Crippen LogP contribution in [0.2, 0.25) is 0 Å². The Morgan fingerprint density at radius 1 is 0.641 bits per heavy atom. The molecule has 0 radical (unpaired) electrons. The van der Waals surface area contributed by atoms with Gasteiger partial charge in [-0.15, -0.1) is 0 Å². The molecule has 0 fully saturated rings. The molecule has 0 saturated carbocycles. The molecule has 0 spiro atoms. The SMILES string of the molecule is O=C([O-])C=C1c2cc(S(=O)(=O)Nc3cccc(O)c3)ccc2-c2ccc(S(=O)(=O)Nc3cccc(O)c3)cc21. The van der Waals surface area contributed by atoms with E-state index in [9.17, 15) is 36.9 Å². The van der Waals surface area contributed by atoms with Crippen molar-refractivity contribution in [2.45, 2.75) is 9.79 Å². The summed E-state index contributed by atoms with van der Waals surface area (Å²) in [5, 5.41) is 30.9. The third-order valence-corrected chi connectivity index (χ3v) is 8.69. The summed E-state index contributed by atoms with van der Waals surface area (Å²) >= 11 is 0. The van der Waals surface area contributed by atoms with E-state index < -0.39 is 26.0 Å². The summed E-state index contributed by atoms with van der Waals surface area (Å²) in [4.78, 5) is 11.2. The average molecular weight is 564 g/mol. The lowest BCUT2D eigenvalue weighted by Gasteiger charge is -2.11. The number of aliphatic carboxylic acids is 1. The fourth-order valence-corrected chi connectivity index (χ4v) is 6.43. The quantitative estimate of drug-likeness (QED) is 0.219. The maximum Gasteiger partial charge on any atom is 0.261 e. The van der Waals surface area contributed by atoms with E-state index in [4.69, 9.17) is 0 Å². The molecule has 4 aromatic carbocycles. The van der Waals surface area contributed by atoms with Gasteiger partial charge in [-0.3, -0.25) is 9.44 Å². The van der Waals surface area contributed by atoms with Gasteiger partial charge in [0.25, 0.3) is 20.0 Å². The minimum atomic E-state index is -4.14. The summed E-state index contributed by atoms with van der Waals surface area (Å²) in [7, 11) is -8.28. The van der Waals surface area contributed by atoms with Gasteiger partial charge < -0.3 is 20.1 Å². The lowest BCUT2D eigenvalue weighted by molar-refractivity contribution is -0.297. The highest BCUT2D eigenvalue weighted by atomic mass is 32.2. The van der Waals surface area contributed by atoms with Crippen molar-refractivity contribution in [2.24, 2.45) is 0 Å². The molecule has 198 valence electrons. The molecule has 0 saturated heterocycles. The molecule has 5 rings (SSSR count). The van der Waals surface area contributed by atoms with Crippen LogP contribution in [0.5, 0.6) is 11.5 Å². The van der Waals surface area contributed by atoms with E-state index in [1.54, 1.807) is 0 Å². The maximum absolute atomic E-state index is 13.1. The van der Waals surface area contributed by atoms with Crippen molar-refractivity contribution in [2.75, 3.05) is 9.44 Å². The topological polar surface area (TPSA) is 173 Å². The Bertz CT molecular complexity index is 1770. The van der Waals surface area contributed by atoms with Gasteiger partial charge in [-0.2, -0.15) is 0 Å². The monoisotopic (exact) mass is 563 g/mol. The van der Waals surface area contributed by atoms with Gasteiger partial charge in [0.15, 0.2) is 0 Å². The van der Waals surface area contributed by atoms with E-state index >= 15 is 0 Å². The van der Waals surface area contributed by atoms with Crippen LogP contribution in [0.15, 0.2) is 101 Å². The molecule has 0 aromatic heterocycles. The fourth-order valence-electron chi connectivity index (χ4n) is 4.28. The van der Waals surface area contributed by atoms with Gasteiger partial charge in [0.1, 0.15) is 11.5 Å². The van der Waals surface area contributed by atoms with Crippen molar-refractivity contribution in [3.05, 3.63) is 102 Å². The number of aromatic hydroxyl groups is 2. The summed E-state index contributed by atoms with van der Waals surface area (Å²) in [6, 6.07) is 19.3. The number of sulfonamides is 2. The zero-order chi connectivity index (χ0) is 27.9. The minimum Gasteiger partial charge on any atom is -0.545 e. The number of carbonyl (C=O) groups excluding carboxylic acids is 1. The molecular formula is C27H19N2O8S2-. The highest BCUT2D eigenvalue weighted by molar-refractivity contribution is 7.93. The number of nitrogens with one attached hydrogen (secondary N) is 2. The molecule has 39 heavy (non-hydrogen) atoms. The lowest BCUT2D eigenvalue weighted by Crippen LogP contribution is -2.19. The normalized spacial score (nSPS) is 12.4. The van der Waals surface area contributed by atoms with Gasteiger partial charge in [0, 0.05) is 12.1 Å². The first-order valence-electron chi connectivity index (χ1n) is 11.3. The average Bonchev–Trinajstić information content (AvgIpc) is 3.15. The van der Waals surface area contributed by atoms with E-state index in [2.05, 4.69) is 9.44 Å². The standard InChI is InChI=1S/C27H20N2O8S2/c30-18-5-1-3-16(11-18)28-38(34,35)20-7-9-22-23-10-8-21(14-25(23)26(15-27(32)33)24(22)13-20)39(36,37)29-17-4-2-6-19(31)12-17/h1-15,28-31H,(H,32,33)/p-1. The fraction of sp³-hybridized carbons (Fsp3) is 0. The number of phenolic OH excluding ortho intramolecular Hbond substituents is 2. The van der Waals surface area contributed by atoms with Crippen LogP contribution in [0.1, 0.15) is 11.1 Å². The van der Waals surface area contributed by atoms with Crippen LogP contribution in [0.3, 0.4) is 0 Å². The van der Waals surface area contributed by atoms with E-state index in [-0.39, 0.29) is 49.4 Å². The van der Waals surface area contributed by atoms with Gasteiger partial charge >= 0.3 is 0 Å². The lowest BCUT2D eigenvalue weighted by atomic mass is 10.0. The molecule has 1 aliphatic rings. The van der Waals surface area contributed by atoms with Crippen LogP contribution in [-0.2, 0) is 24.8 Å². The number of hydrogen-bond acceptors (Lipinski definition) is 8. The van der Waals surface area contributed by atoms with Gasteiger partial charge in [-0.25, -0.2) is 16.8 Å². The molecule has 10 nitrogen and oxygen atoms in total. The Morgan fingerprint density at radius 3 is 1.46 bits per heavy atom. The van der Waals surface area contributed by atoms with E-state index in [1.807, 2.05) is 0 Å². The number of phenols is 2. The highest BCUT2D eigenvalue weighted by Gasteiger charge is 2.28. The maximum atomic E-state index is 13.1. The summed E-state index contributed by atoms with van der Waals surface area (Å²) in [6.07, 6.45) is 0.781. The van der Waals surface area contributed by atoms with Crippen molar-refractivity contribution in [3.8, 4) is 22.6 Å². The molecule has 4 N–H and O–H groups in total. The van der Waals surface area contributed by atoms with Crippen molar-refractivity contribution >= 4 is 43.0 Å². The zero-order valence-corrected chi connectivity index (χ0v) is 21.5. The Labute approximate surface area is 223 Å². The van der Waals surface area contributed by atoms with Crippen molar-refractivity contribution in [3.63, 3.8) is 0 Å². The number of carbonyl (C=O) groups is 1. The Balaban J connectivity index is 1.55. The number of hydrogen-bond donors (Lipinski definition) is 4. The van der Waals surface area contributed by atoms with Crippen LogP contribution < -0.4 is 14.6 Å². The van der Waals surface area contributed by atoms with Crippen molar-refractivity contribution in [1.82, 2.24) is 0 Å². The van der Waals surface area contributed by atoms with E-state index in [0.29, 0.717) is 11.1 Å². The Kier molecular flexibility index (Phi) is 6.29. The summed E-state index contributed by atoms with van der Waals surface area (Å²) in [5.41, 5.74) is 1.82. The second kappa shape index (κ2) is 9.49. The van der Waals surface area contributed by atoms with E-state index in [0.717, 1.165) is 6.08 Å². The number of fused-ring (bicyclic) bond motifs is 3. The van der Waals surface area contributed by atoms with Crippen molar-refractivity contribution < 1.29 is 36.9 Å². The zero-order valence-electron chi connectivity index (χ0n) is 19.8. The molecule has 0 aliphatic heterocycles. The summed E-state index contributed by atoms with van der Waals surface area (Å²) in [5.74, 6) is -1.83. The molecule has 0 unspecified atom stereocenters.